The van der Waals surface area contributed by atoms with E-state index in [1.54, 1.807) is 0 Å². The average Bonchev–Trinajstić information content (AvgIpc) is 2.87. The number of aromatic nitrogens is 3. The second kappa shape index (κ2) is 6.02. The van der Waals surface area contributed by atoms with Gasteiger partial charge in [0, 0.05) is 5.02 Å². The van der Waals surface area contributed by atoms with Gasteiger partial charge in [-0.05, 0) is 18.2 Å². The van der Waals surface area contributed by atoms with Crippen LogP contribution in [0.4, 0.5) is 5.69 Å². The van der Waals surface area contributed by atoms with Crippen molar-refractivity contribution in [1.82, 2.24) is 15.0 Å². The lowest BCUT2D eigenvalue weighted by Crippen LogP contribution is -2.19. The molecule has 0 unspecified atom stereocenters. The third-order valence-corrected chi connectivity index (χ3v) is 2.67. The average molecular weight is 306 g/mol. The summed E-state index contributed by atoms with van der Waals surface area (Å²) in [5, 5.41) is 27.4. The molecule has 0 fully saturated rings. The van der Waals surface area contributed by atoms with Crippen molar-refractivity contribution in [2.24, 2.45) is 0 Å². The predicted octanol–water partition coefficient (Wildman–Crippen LogP) is 1.14. The number of hydrogen-bond acceptors (Lipinski definition) is 5. The predicted molar refractivity (Wildman–Crippen MR) is 71.8 cm³/mol. The van der Waals surface area contributed by atoms with Crippen LogP contribution in [0.15, 0.2) is 24.4 Å². The van der Waals surface area contributed by atoms with Crippen molar-refractivity contribution in [1.29, 1.82) is 5.26 Å². The van der Waals surface area contributed by atoms with Gasteiger partial charge in [-0.25, -0.2) is 9.48 Å². The standard InChI is InChI=1S/C12H8ClN5O3/c13-8-2-1-7(4-14)9(3-8)15-11(19)6-18-5-10(12(20)21)16-17-18/h1-3,5H,6H2,(H,15,19)(H,20,21). The summed E-state index contributed by atoms with van der Waals surface area (Å²) < 4.78 is 1.08. The number of carboxylic acids is 1. The number of nitriles is 1. The van der Waals surface area contributed by atoms with Crippen LogP contribution in [0.1, 0.15) is 16.1 Å². The Morgan fingerprint density at radius 3 is 2.86 bits per heavy atom. The van der Waals surface area contributed by atoms with Crippen LogP contribution in [0.3, 0.4) is 0 Å². The SMILES string of the molecule is N#Cc1ccc(Cl)cc1NC(=O)Cn1cc(C(=O)O)nn1. The fourth-order valence-electron chi connectivity index (χ4n) is 1.53. The quantitative estimate of drug-likeness (QED) is 0.873. The van der Waals surface area contributed by atoms with Gasteiger partial charge in [0.05, 0.1) is 17.4 Å². The van der Waals surface area contributed by atoms with Gasteiger partial charge in [0.25, 0.3) is 0 Å². The minimum atomic E-state index is -1.23. The highest BCUT2D eigenvalue weighted by Gasteiger charge is 2.12. The Kier molecular flexibility index (Phi) is 4.15. The molecule has 0 atom stereocenters. The number of nitrogens with zero attached hydrogens (tertiary/aromatic N) is 4. The number of hydrogen-bond donors (Lipinski definition) is 2. The highest BCUT2D eigenvalue weighted by Crippen LogP contribution is 2.20. The van der Waals surface area contributed by atoms with Crippen LogP contribution < -0.4 is 5.32 Å². The van der Waals surface area contributed by atoms with Gasteiger partial charge < -0.3 is 10.4 Å². The van der Waals surface area contributed by atoms with E-state index in [9.17, 15) is 9.59 Å². The summed E-state index contributed by atoms with van der Waals surface area (Å²) in [5.74, 6) is -1.72. The molecule has 8 nitrogen and oxygen atoms in total. The number of amides is 1. The van der Waals surface area contributed by atoms with Gasteiger partial charge >= 0.3 is 5.97 Å². The highest BCUT2D eigenvalue weighted by molar-refractivity contribution is 6.31. The molecule has 21 heavy (non-hydrogen) atoms. The number of rotatable bonds is 4. The zero-order chi connectivity index (χ0) is 15.4. The van der Waals surface area contributed by atoms with Crippen LogP contribution >= 0.6 is 11.6 Å². The van der Waals surface area contributed by atoms with Gasteiger partial charge in [-0.2, -0.15) is 5.26 Å². The molecule has 1 heterocycles. The maximum absolute atomic E-state index is 11.8. The molecule has 0 saturated heterocycles. The lowest BCUT2D eigenvalue weighted by atomic mass is 10.2. The van der Waals surface area contributed by atoms with Crippen LogP contribution in [0.5, 0.6) is 0 Å². The van der Waals surface area contributed by atoms with Crippen LogP contribution in [0.2, 0.25) is 5.02 Å². The van der Waals surface area contributed by atoms with Crippen LogP contribution in [0, 0.1) is 11.3 Å². The first-order chi connectivity index (χ1) is 9.99. The Bertz CT molecular complexity index is 750. The Morgan fingerprint density at radius 1 is 1.48 bits per heavy atom. The molecule has 2 N–H and O–H groups in total. The lowest BCUT2D eigenvalue weighted by molar-refractivity contribution is -0.116. The first-order valence-corrected chi connectivity index (χ1v) is 6.00. The Labute approximate surface area is 123 Å². The first kappa shape index (κ1) is 14.5. The van der Waals surface area contributed by atoms with E-state index in [-0.39, 0.29) is 23.5 Å². The van der Waals surface area contributed by atoms with Crippen molar-refractivity contribution in [2.45, 2.75) is 6.54 Å². The number of aromatic carboxylic acids is 1. The van der Waals surface area contributed by atoms with E-state index in [1.165, 1.54) is 18.2 Å². The first-order valence-electron chi connectivity index (χ1n) is 5.62. The van der Waals surface area contributed by atoms with E-state index < -0.39 is 11.9 Å². The van der Waals surface area contributed by atoms with E-state index in [0.29, 0.717) is 5.02 Å². The summed E-state index contributed by atoms with van der Waals surface area (Å²) in [6, 6.07) is 6.39. The second-order valence-corrected chi connectivity index (χ2v) is 4.39. The molecule has 1 amide bonds. The summed E-state index contributed by atoms with van der Waals surface area (Å²) >= 11 is 5.80. The number of anilines is 1. The molecule has 106 valence electrons. The van der Waals surface area contributed by atoms with E-state index in [2.05, 4.69) is 15.6 Å². The van der Waals surface area contributed by atoms with Crippen molar-refractivity contribution < 1.29 is 14.7 Å². The zero-order valence-electron chi connectivity index (χ0n) is 10.4. The van der Waals surface area contributed by atoms with Crippen LogP contribution in [-0.4, -0.2) is 32.0 Å². The maximum atomic E-state index is 11.8. The molecule has 9 heteroatoms. The number of nitrogens with one attached hydrogen (secondary N) is 1. The fourth-order valence-corrected chi connectivity index (χ4v) is 1.70. The minimum absolute atomic E-state index is 0.238. The maximum Gasteiger partial charge on any atom is 0.358 e. The molecule has 2 aromatic rings. The third-order valence-electron chi connectivity index (χ3n) is 2.44. The van der Waals surface area contributed by atoms with Crippen molar-refractivity contribution in [3.63, 3.8) is 0 Å². The van der Waals surface area contributed by atoms with E-state index in [4.69, 9.17) is 22.0 Å². The molecule has 0 spiro atoms. The molecule has 0 aliphatic rings. The summed E-state index contributed by atoms with van der Waals surface area (Å²) in [7, 11) is 0. The second-order valence-electron chi connectivity index (χ2n) is 3.96. The van der Waals surface area contributed by atoms with Gasteiger partial charge in [-0.3, -0.25) is 4.79 Å². The number of carbonyl (C=O) groups is 2. The molecular formula is C12H8ClN5O3. The van der Waals surface area contributed by atoms with Gasteiger partial charge in [-0.1, -0.05) is 16.8 Å². The zero-order valence-corrected chi connectivity index (χ0v) is 11.2. The number of benzene rings is 1. The minimum Gasteiger partial charge on any atom is -0.476 e. The molecule has 1 aromatic heterocycles. The van der Waals surface area contributed by atoms with Crippen molar-refractivity contribution in [3.05, 3.63) is 40.7 Å². The largest absolute Gasteiger partial charge is 0.476 e. The molecule has 0 aliphatic heterocycles. The van der Waals surface area contributed by atoms with Crippen molar-refractivity contribution in [2.75, 3.05) is 5.32 Å². The Hall–Kier alpha value is -2.92. The van der Waals surface area contributed by atoms with E-state index in [1.807, 2.05) is 6.07 Å². The normalized spacial score (nSPS) is 9.90. The molecule has 0 bridgehead atoms. The lowest BCUT2D eigenvalue weighted by Gasteiger charge is -2.07. The van der Waals surface area contributed by atoms with Gasteiger partial charge in [-0.15, -0.1) is 5.10 Å². The highest BCUT2D eigenvalue weighted by atomic mass is 35.5. The van der Waals surface area contributed by atoms with E-state index >= 15 is 0 Å². The van der Waals surface area contributed by atoms with E-state index in [0.717, 1.165) is 10.9 Å². The third kappa shape index (κ3) is 3.55. The molecule has 0 saturated carbocycles. The topological polar surface area (TPSA) is 121 Å². The summed E-state index contributed by atoms with van der Waals surface area (Å²) in [4.78, 5) is 22.5. The van der Waals surface area contributed by atoms with Crippen molar-refractivity contribution >= 4 is 29.2 Å². The fraction of sp³-hybridized carbons (Fsp3) is 0.0833. The molecular weight excluding hydrogens is 298 g/mol. The monoisotopic (exact) mass is 305 g/mol. The smallest absolute Gasteiger partial charge is 0.358 e. The van der Waals surface area contributed by atoms with Crippen LogP contribution in [0.25, 0.3) is 0 Å². The number of carbonyl (C=O) groups excluding carboxylic acids is 1. The number of halogens is 1. The Balaban J connectivity index is 2.10. The Morgan fingerprint density at radius 2 is 2.24 bits per heavy atom. The number of carboxylic acid groups (broad SMARTS) is 1. The van der Waals surface area contributed by atoms with Gasteiger partial charge in [0.15, 0.2) is 5.69 Å². The summed E-state index contributed by atoms with van der Waals surface area (Å²) in [6.45, 7) is -0.238. The van der Waals surface area contributed by atoms with Gasteiger partial charge in [0.2, 0.25) is 5.91 Å². The van der Waals surface area contributed by atoms with Gasteiger partial charge in [0.1, 0.15) is 12.6 Å². The molecule has 1 aromatic carbocycles. The summed E-state index contributed by atoms with van der Waals surface area (Å²) in [6.07, 6.45) is 1.13. The van der Waals surface area contributed by atoms with Crippen molar-refractivity contribution in [3.8, 4) is 6.07 Å². The summed E-state index contributed by atoms with van der Waals surface area (Å²) in [5.41, 5.74) is 0.273. The molecule has 0 radical (unpaired) electrons. The molecule has 2 rings (SSSR count). The molecule has 0 aliphatic carbocycles. The van der Waals surface area contributed by atoms with Crippen LogP contribution in [-0.2, 0) is 11.3 Å².